The molecule has 0 aliphatic carbocycles. The molecule has 1 aromatic rings. The first kappa shape index (κ1) is 18.5. The maximum Gasteiger partial charge on any atom is 0.337 e. The van der Waals surface area contributed by atoms with Gasteiger partial charge in [-0.25, -0.2) is 4.79 Å². The molecule has 0 aromatic heterocycles. The first-order valence-corrected chi connectivity index (χ1v) is 7.14. The van der Waals surface area contributed by atoms with Crippen LogP contribution in [-0.2, 0) is 9.59 Å². The van der Waals surface area contributed by atoms with E-state index in [0.29, 0.717) is 5.75 Å². The van der Waals surface area contributed by atoms with Crippen molar-refractivity contribution in [1.82, 2.24) is 5.32 Å². The minimum Gasteiger partial charge on any atom is -0.497 e. The van der Waals surface area contributed by atoms with E-state index in [4.69, 9.17) is 4.74 Å². The molecular weight excluding hydrogens is 300 g/mol. The maximum atomic E-state index is 11.9. The monoisotopic (exact) mass is 322 g/mol. The fourth-order valence-electron chi connectivity index (χ4n) is 1.70. The van der Waals surface area contributed by atoms with Crippen molar-refractivity contribution in [3.05, 3.63) is 23.8 Å². The number of amides is 2. The molecule has 0 unspecified atom stereocenters. The van der Waals surface area contributed by atoms with E-state index in [9.17, 15) is 19.5 Å². The molecule has 0 atom stereocenters. The van der Waals surface area contributed by atoms with Crippen molar-refractivity contribution in [1.29, 1.82) is 0 Å². The van der Waals surface area contributed by atoms with Gasteiger partial charge in [-0.3, -0.25) is 9.59 Å². The summed E-state index contributed by atoms with van der Waals surface area (Å²) in [4.78, 5) is 34.8. The second-order valence-electron chi connectivity index (χ2n) is 6.02. The summed E-state index contributed by atoms with van der Waals surface area (Å²) in [5.41, 5.74) is -0.398. The molecule has 7 nitrogen and oxygen atoms in total. The summed E-state index contributed by atoms with van der Waals surface area (Å²) in [6.07, 6.45) is 0.0485. The molecule has 0 saturated heterocycles. The fourth-order valence-corrected chi connectivity index (χ4v) is 1.70. The quantitative estimate of drug-likeness (QED) is 0.742. The molecule has 2 amide bonds. The lowest BCUT2D eigenvalue weighted by atomic mass is 9.96. The van der Waals surface area contributed by atoms with Crippen LogP contribution >= 0.6 is 0 Å². The van der Waals surface area contributed by atoms with Crippen LogP contribution in [0.4, 0.5) is 5.69 Å². The molecule has 7 heteroatoms. The van der Waals surface area contributed by atoms with E-state index in [2.05, 4.69) is 10.6 Å². The molecule has 0 aliphatic heterocycles. The van der Waals surface area contributed by atoms with Crippen LogP contribution in [0, 0.1) is 5.41 Å². The molecule has 0 heterocycles. The predicted octanol–water partition coefficient (Wildman–Crippen LogP) is 1.88. The number of methoxy groups -OCH3 is 1. The zero-order valence-corrected chi connectivity index (χ0v) is 13.7. The number of carbonyl (C=O) groups excluding carboxylic acids is 2. The Bertz CT molecular complexity index is 605. The predicted molar refractivity (Wildman–Crippen MR) is 85.7 cm³/mol. The molecule has 0 radical (unpaired) electrons. The van der Waals surface area contributed by atoms with Crippen molar-refractivity contribution >= 4 is 23.5 Å². The first-order valence-electron chi connectivity index (χ1n) is 7.14. The van der Waals surface area contributed by atoms with Crippen molar-refractivity contribution < 1.29 is 24.2 Å². The standard InChI is InChI=1S/C16H22N2O5/c1-16(2,3)15(22)17-8-7-13(19)18-12-6-5-10(23-4)9-11(12)14(20)21/h5-6,9H,7-8H2,1-4H3,(H,17,22)(H,18,19)(H,20,21). The van der Waals surface area contributed by atoms with Gasteiger partial charge in [-0.05, 0) is 18.2 Å². The third-order valence-corrected chi connectivity index (χ3v) is 3.05. The largest absolute Gasteiger partial charge is 0.497 e. The normalized spacial score (nSPS) is 10.8. The summed E-state index contributed by atoms with van der Waals surface area (Å²) in [6.45, 7) is 5.51. The lowest BCUT2D eigenvalue weighted by Gasteiger charge is -2.17. The van der Waals surface area contributed by atoms with Gasteiger partial charge in [0.25, 0.3) is 0 Å². The average molecular weight is 322 g/mol. The fraction of sp³-hybridized carbons (Fsp3) is 0.438. The van der Waals surface area contributed by atoms with Crippen LogP contribution in [0.1, 0.15) is 37.6 Å². The van der Waals surface area contributed by atoms with Gasteiger partial charge in [0, 0.05) is 18.4 Å². The van der Waals surface area contributed by atoms with Gasteiger partial charge in [0.1, 0.15) is 5.75 Å². The van der Waals surface area contributed by atoms with E-state index in [-0.39, 0.29) is 36.0 Å². The zero-order valence-electron chi connectivity index (χ0n) is 13.7. The number of carbonyl (C=O) groups is 3. The highest BCUT2D eigenvalue weighted by Crippen LogP contribution is 2.22. The summed E-state index contributed by atoms with van der Waals surface area (Å²) < 4.78 is 4.96. The van der Waals surface area contributed by atoms with E-state index in [1.807, 2.05) is 0 Å². The van der Waals surface area contributed by atoms with E-state index in [1.165, 1.54) is 19.2 Å². The highest BCUT2D eigenvalue weighted by molar-refractivity contribution is 6.01. The second kappa shape index (κ2) is 7.62. The number of carboxylic acid groups (broad SMARTS) is 1. The molecule has 126 valence electrons. The Kier molecular flexibility index (Phi) is 6.12. The Labute approximate surface area is 135 Å². The number of hydrogen-bond donors (Lipinski definition) is 3. The van der Waals surface area contributed by atoms with Crippen LogP contribution in [0.2, 0.25) is 0 Å². The maximum absolute atomic E-state index is 11.9. The number of benzene rings is 1. The number of ether oxygens (including phenoxy) is 1. The summed E-state index contributed by atoms with van der Waals surface area (Å²) in [5, 5.41) is 14.4. The number of rotatable bonds is 6. The smallest absolute Gasteiger partial charge is 0.337 e. The van der Waals surface area contributed by atoms with Crippen LogP contribution in [-0.4, -0.2) is 36.5 Å². The van der Waals surface area contributed by atoms with Crippen molar-refractivity contribution in [3.8, 4) is 5.75 Å². The third-order valence-electron chi connectivity index (χ3n) is 3.05. The minimum atomic E-state index is -1.17. The SMILES string of the molecule is COc1ccc(NC(=O)CCNC(=O)C(C)(C)C)c(C(=O)O)c1. The molecule has 1 rings (SSSR count). The Hall–Kier alpha value is -2.57. The van der Waals surface area contributed by atoms with Crippen LogP contribution in [0.3, 0.4) is 0 Å². The van der Waals surface area contributed by atoms with Gasteiger partial charge in [-0.15, -0.1) is 0 Å². The lowest BCUT2D eigenvalue weighted by Crippen LogP contribution is -2.36. The van der Waals surface area contributed by atoms with E-state index in [1.54, 1.807) is 26.8 Å². The van der Waals surface area contributed by atoms with Crippen LogP contribution in [0.15, 0.2) is 18.2 Å². The summed E-state index contributed by atoms with van der Waals surface area (Å²) in [7, 11) is 1.43. The molecule has 23 heavy (non-hydrogen) atoms. The topological polar surface area (TPSA) is 105 Å². The van der Waals surface area contributed by atoms with Gasteiger partial charge in [0.05, 0.1) is 18.4 Å². The minimum absolute atomic E-state index is 0.0485. The van der Waals surface area contributed by atoms with Gasteiger partial charge >= 0.3 is 5.97 Å². The first-order chi connectivity index (χ1) is 10.6. The third kappa shape index (κ3) is 5.61. The molecular formula is C16H22N2O5. The van der Waals surface area contributed by atoms with Gasteiger partial charge < -0.3 is 20.5 Å². The van der Waals surface area contributed by atoms with Crippen LogP contribution < -0.4 is 15.4 Å². The Morgan fingerprint density at radius 1 is 1.22 bits per heavy atom. The summed E-state index contributed by atoms with van der Waals surface area (Å²) in [5.74, 6) is -1.31. The number of anilines is 1. The van der Waals surface area contributed by atoms with Gasteiger partial charge in [0.2, 0.25) is 11.8 Å². The van der Waals surface area contributed by atoms with Crippen molar-refractivity contribution in [2.75, 3.05) is 19.0 Å². The number of hydrogen-bond acceptors (Lipinski definition) is 4. The number of carboxylic acids is 1. The molecule has 0 saturated carbocycles. The second-order valence-corrected chi connectivity index (χ2v) is 6.02. The molecule has 0 aliphatic rings. The number of aromatic carboxylic acids is 1. The molecule has 0 fully saturated rings. The van der Waals surface area contributed by atoms with Gasteiger partial charge in [0.15, 0.2) is 0 Å². The van der Waals surface area contributed by atoms with E-state index < -0.39 is 11.4 Å². The van der Waals surface area contributed by atoms with Crippen LogP contribution in [0.5, 0.6) is 5.75 Å². The molecule has 0 bridgehead atoms. The van der Waals surface area contributed by atoms with Crippen LogP contribution in [0.25, 0.3) is 0 Å². The lowest BCUT2D eigenvalue weighted by molar-refractivity contribution is -0.128. The molecule has 1 aromatic carbocycles. The van der Waals surface area contributed by atoms with E-state index >= 15 is 0 Å². The summed E-state index contributed by atoms with van der Waals surface area (Å²) >= 11 is 0. The molecule has 3 N–H and O–H groups in total. The highest BCUT2D eigenvalue weighted by atomic mass is 16.5. The number of nitrogens with one attached hydrogen (secondary N) is 2. The van der Waals surface area contributed by atoms with E-state index in [0.717, 1.165) is 0 Å². The van der Waals surface area contributed by atoms with Gasteiger partial charge in [-0.2, -0.15) is 0 Å². The Balaban J connectivity index is 2.64. The Morgan fingerprint density at radius 2 is 1.87 bits per heavy atom. The summed E-state index contributed by atoms with van der Waals surface area (Å²) in [6, 6.07) is 4.36. The van der Waals surface area contributed by atoms with Crippen molar-refractivity contribution in [2.24, 2.45) is 5.41 Å². The average Bonchev–Trinajstić information content (AvgIpc) is 2.46. The highest BCUT2D eigenvalue weighted by Gasteiger charge is 2.21. The van der Waals surface area contributed by atoms with Gasteiger partial charge in [-0.1, -0.05) is 20.8 Å². The zero-order chi connectivity index (χ0) is 17.6. The van der Waals surface area contributed by atoms with Crippen molar-refractivity contribution in [3.63, 3.8) is 0 Å². The molecule has 0 spiro atoms. The Morgan fingerprint density at radius 3 is 2.39 bits per heavy atom. The van der Waals surface area contributed by atoms with Crippen molar-refractivity contribution in [2.45, 2.75) is 27.2 Å².